The Labute approximate surface area is 146 Å². The molecule has 2 aromatic rings. The average Bonchev–Trinajstić information content (AvgIpc) is 3.06. The molecule has 8 heteroatoms. The van der Waals surface area contributed by atoms with Crippen LogP contribution >= 0.6 is 15.9 Å². The fourth-order valence-electron chi connectivity index (χ4n) is 1.95. The SMILES string of the molecule is O=C(COc1ccc(Br)cc1)NNC(=O)c1ccc2c(c1)OCO2. The molecule has 2 N–H and O–H groups in total. The summed E-state index contributed by atoms with van der Waals surface area (Å²) in [6, 6.07) is 11.8. The van der Waals surface area contributed by atoms with Gasteiger partial charge in [-0.2, -0.15) is 0 Å². The molecule has 0 aliphatic carbocycles. The van der Waals surface area contributed by atoms with Gasteiger partial charge in [-0.3, -0.25) is 20.4 Å². The molecule has 0 saturated carbocycles. The summed E-state index contributed by atoms with van der Waals surface area (Å²) >= 11 is 3.31. The second kappa shape index (κ2) is 7.22. The largest absolute Gasteiger partial charge is 0.484 e. The van der Waals surface area contributed by atoms with E-state index < -0.39 is 11.8 Å². The molecule has 1 aliphatic rings. The number of rotatable bonds is 4. The number of hydrazine groups is 1. The summed E-state index contributed by atoms with van der Waals surface area (Å²) in [5, 5.41) is 0. The Kier molecular flexibility index (Phi) is 4.85. The number of fused-ring (bicyclic) bond motifs is 1. The van der Waals surface area contributed by atoms with E-state index in [1.807, 2.05) is 0 Å². The van der Waals surface area contributed by atoms with Gasteiger partial charge >= 0.3 is 0 Å². The summed E-state index contributed by atoms with van der Waals surface area (Å²) < 4.78 is 16.6. The first kappa shape index (κ1) is 16.1. The van der Waals surface area contributed by atoms with Gasteiger partial charge in [-0.25, -0.2) is 0 Å². The fraction of sp³-hybridized carbons (Fsp3) is 0.125. The summed E-state index contributed by atoms with van der Waals surface area (Å²) in [7, 11) is 0. The summed E-state index contributed by atoms with van der Waals surface area (Å²) in [5.74, 6) is 0.679. The first-order chi connectivity index (χ1) is 11.6. The highest BCUT2D eigenvalue weighted by atomic mass is 79.9. The third-order valence-electron chi connectivity index (χ3n) is 3.13. The predicted molar refractivity (Wildman–Crippen MR) is 87.8 cm³/mol. The van der Waals surface area contributed by atoms with E-state index in [1.54, 1.807) is 42.5 Å². The highest BCUT2D eigenvalue weighted by Crippen LogP contribution is 2.32. The van der Waals surface area contributed by atoms with Gasteiger partial charge in [0, 0.05) is 10.0 Å². The van der Waals surface area contributed by atoms with Crippen molar-refractivity contribution in [2.24, 2.45) is 0 Å². The summed E-state index contributed by atoms with van der Waals surface area (Å²) in [5.41, 5.74) is 4.94. The highest BCUT2D eigenvalue weighted by molar-refractivity contribution is 9.10. The van der Waals surface area contributed by atoms with Crippen molar-refractivity contribution in [2.75, 3.05) is 13.4 Å². The smallest absolute Gasteiger partial charge is 0.276 e. The van der Waals surface area contributed by atoms with Crippen LogP contribution in [0.3, 0.4) is 0 Å². The normalized spacial score (nSPS) is 11.7. The Morgan fingerprint density at radius 1 is 1.04 bits per heavy atom. The minimum absolute atomic E-state index is 0.130. The Morgan fingerprint density at radius 2 is 1.79 bits per heavy atom. The number of hydrogen-bond acceptors (Lipinski definition) is 5. The lowest BCUT2D eigenvalue weighted by Gasteiger charge is -2.09. The number of nitrogens with one attached hydrogen (secondary N) is 2. The van der Waals surface area contributed by atoms with Crippen molar-refractivity contribution >= 4 is 27.7 Å². The van der Waals surface area contributed by atoms with Crippen molar-refractivity contribution in [2.45, 2.75) is 0 Å². The molecule has 0 fully saturated rings. The molecule has 0 radical (unpaired) electrons. The minimum atomic E-state index is -0.480. The van der Waals surface area contributed by atoms with Gasteiger partial charge in [0.05, 0.1) is 0 Å². The Bertz CT molecular complexity index is 764. The molecule has 0 unspecified atom stereocenters. The van der Waals surface area contributed by atoms with Gasteiger partial charge in [-0.05, 0) is 42.5 Å². The second-order valence-corrected chi connectivity index (χ2v) is 5.73. The van der Waals surface area contributed by atoms with E-state index >= 15 is 0 Å². The summed E-state index contributed by atoms with van der Waals surface area (Å²) in [6.45, 7) is -0.0897. The number of halogens is 1. The number of carbonyl (C=O) groups excluding carboxylic acids is 2. The molecule has 1 aliphatic heterocycles. The molecule has 2 amide bonds. The van der Waals surface area contributed by atoms with E-state index in [0.717, 1.165) is 4.47 Å². The average molecular weight is 393 g/mol. The maximum atomic E-state index is 12.0. The van der Waals surface area contributed by atoms with Crippen LogP contribution in [0, 0.1) is 0 Å². The van der Waals surface area contributed by atoms with Crippen molar-refractivity contribution in [3.8, 4) is 17.2 Å². The number of carbonyl (C=O) groups is 2. The highest BCUT2D eigenvalue weighted by Gasteiger charge is 2.16. The van der Waals surface area contributed by atoms with Gasteiger partial charge in [-0.1, -0.05) is 15.9 Å². The monoisotopic (exact) mass is 392 g/mol. The number of hydrogen-bond donors (Lipinski definition) is 2. The van der Waals surface area contributed by atoms with Gasteiger partial charge in [0.15, 0.2) is 18.1 Å². The predicted octanol–water partition coefficient (Wildman–Crippen LogP) is 2.02. The van der Waals surface area contributed by atoms with Crippen LogP contribution in [-0.4, -0.2) is 25.2 Å². The van der Waals surface area contributed by atoms with Crippen LogP contribution in [-0.2, 0) is 4.79 Å². The number of ether oxygens (including phenoxy) is 3. The molecule has 2 aromatic carbocycles. The Hall–Kier alpha value is -2.74. The standard InChI is InChI=1S/C16H13BrN2O5/c17-11-2-4-12(5-3-11)22-8-15(20)18-19-16(21)10-1-6-13-14(7-10)24-9-23-13/h1-7H,8-9H2,(H,18,20)(H,19,21). The van der Waals surface area contributed by atoms with E-state index in [0.29, 0.717) is 22.8 Å². The minimum Gasteiger partial charge on any atom is -0.484 e. The zero-order chi connectivity index (χ0) is 16.9. The second-order valence-electron chi connectivity index (χ2n) is 4.81. The number of benzene rings is 2. The van der Waals surface area contributed by atoms with Crippen molar-refractivity contribution in [1.29, 1.82) is 0 Å². The molecule has 1 heterocycles. The Morgan fingerprint density at radius 3 is 2.58 bits per heavy atom. The van der Waals surface area contributed by atoms with Crippen LogP contribution in [0.2, 0.25) is 0 Å². The van der Waals surface area contributed by atoms with Crippen LogP contribution < -0.4 is 25.1 Å². The molecule has 0 spiro atoms. The van der Waals surface area contributed by atoms with Crippen molar-refractivity contribution in [3.05, 3.63) is 52.5 Å². The molecular formula is C16H13BrN2O5. The fourth-order valence-corrected chi connectivity index (χ4v) is 2.22. The van der Waals surface area contributed by atoms with Crippen molar-refractivity contribution < 1.29 is 23.8 Å². The van der Waals surface area contributed by atoms with E-state index in [4.69, 9.17) is 14.2 Å². The molecule has 3 rings (SSSR count). The van der Waals surface area contributed by atoms with Gasteiger partial charge in [-0.15, -0.1) is 0 Å². The lowest BCUT2D eigenvalue weighted by Crippen LogP contribution is -2.43. The van der Waals surface area contributed by atoms with E-state index in [-0.39, 0.29) is 13.4 Å². The van der Waals surface area contributed by atoms with Gasteiger partial charge in [0.25, 0.3) is 11.8 Å². The van der Waals surface area contributed by atoms with Crippen LogP contribution in [0.1, 0.15) is 10.4 Å². The maximum absolute atomic E-state index is 12.0. The first-order valence-electron chi connectivity index (χ1n) is 6.99. The zero-order valence-electron chi connectivity index (χ0n) is 12.4. The third kappa shape index (κ3) is 3.96. The Balaban J connectivity index is 1.47. The molecule has 0 saturated heterocycles. The molecule has 0 bridgehead atoms. The molecule has 124 valence electrons. The van der Waals surface area contributed by atoms with E-state index in [2.05, 4.69) is 26.8 Å². The molecule has 0 aromatic heterocycles. The van der Waals surface area contributed by atoms with E-state index in [1.165, 1.54) is 0 Å². The number of amides is 2. The van der Waals surface area contributed by atoms with Gasteiger partial charge in [0.1, 0.15) is 5.75 Å². The maximum Gasteiger partial charge on any atom is 0.276 e. The van der Waals surface area contributed by atoms with Crippen molar-refractivity contribution in [1.82, 2.24) is 10.9 Å². The quantitative estimate of drug-likeness (QED) is 0.777. The van der Waals surface area contributed by atoms with Gasteiger partial charge < -0.3 is 14.2 Å². The van der Waals surface area contributed by atoms with Crippen LogP contribution in [0.4, 0.5) is 0 Å². The third-order valence-corrected chi connectivity index (χ3v) is 3.66. The van der Waals surface area contributed by atoms with E-state index in [9.17, 15) is 9.59 Å². The molecule has 24 heavy (non-hydrogen) atoms. The molecule has 0 atom stereocenters. The lowest BCUT2D eigenvalue weighted by atomic mass is 10.2. The molecular weight excluding hydrogens is 380 g/mol. The van der Waals surface area contributed by atoms with Gasteiger partial charge in [0.2, 0.25) is 6.79 Å². The van der Waals surface area contributed by atoms with Crippen LogP contribution in [0.5, 0.6) is 17.2 Å². The van der Waals surface area contributed by atoms with Crippen LogP contribution in [0.15, 0.2) is 46.9 Å². The van der Waals surface area contributed by atoms with Crippen molar-refractivity contribution in [3.63, 3.8) is 0 Å². The van der Waals surface area contributed by atoms with Crippen LogP contribution in [0.25, 0.3) is 0 Å². The molecule has 7 nitrogen and oxygen atoms in total. The zero-order valence-corrected chi connectivity index (χ0v) is 14.0. The lowest BCUT2D eigenvalue weighted by molar-refractivity contribution is -0.123. The first-order valence-corrected chi connectivity index (χ1v) is 7.78. The topological polar surface area (TPSA) is 85.9 Å². The summed E-state index contributed by atoms with van der Waals surface area (Å²) in [4.78, 5) is 23.7. The summed E-state index contributed by atoms with van der Waals surface area (Å²) in [6.07, 6.45) is 0.